The van der Waals surface area contributed by atoms with Crippen LogP contribution in [-0.4, -0.2) is 19.7 Å². The second kappa shape index (κ2) is 6.33. The molecule has 84 valence electrons. The number of hydrogen-bond donors (Lipinski definition) is 1. The fourth-order valence-electron chi connectivity index (χ4n) is 1.24. The van der Waals surface area contributed by atoms with Crippen LogP contribution in [0.5, 0.6) is 0 Å². The Hall–Kier alpha value is -0.280. The van der Waals surface area contributed by atoms with Crippen LogP contribution in [0.3, 0.4) is 0 Å². The van der Waals surface area contributed by atoms with E-state index in [9.17, 15) is 0 Å². The molecule has 0 saturated carbocycles. The molecule has 0 spiro atoms. The van der Waals surface area contributed by atoms with Crippen LogP contribution in [0, 0.1) is 0 Å². The minimum Gasteiger partial charge on any atom is -0.372 e. The molecule has 1 aromatic carbocycles. The van der Waals surface area contributed by atoms with Crippen molar-refractivity contribution in [1.82, 2.24) is 5.32 Å². The lowest BCUT2D eigenvalue weighted by atomic mass is 10.2. The summed E-state index contributed by atoms with van der Waals surface area (Å²) in [6.07, 6.45) is 0.141. The van der Waals surface area contributed by atoms with Crippen molar-refractivity contribution in [2.45, 2.75) is 19.6 Å². The molecule has 2 nitrogen and oxygen atoms in total. The number of hydrogen-bond acceptors (Lipinski definition) is 2. The zero-order valence-electron chi connectivity index (χ0n) is 8.89. The maximum absolute atomic E-state index is 6.01. The van der Waals surface area contributed by atoms with Gasteiger partial charge in [-0.2, -0.15) is 0 Å². The molecule has 0 saturated heterocycles. The number of nitrogens with one attached hydrogen (secondary N) is 1. The Labute approximate surface area is 101 Å². The number of ether oxygens (including phenoxy) is 1. The average molecular weight is 248 g/mol. The molecule has 0 aliphatic carbocycles. The van der Waals surface area contributed by atoms with Crippen molar-refractivity contribution in [3.05, 3.63) is 33.8 Å². The molecule has 0 amide bonds. The normalized spacial score (nSPS) is 12.8. The number of benzene rings is 1. The Balaban J connectivity index is 2.57. The van der Waals surface area contributed by atoms with Gasteiger partial charge in [0.25, 0.3) is 0 Å². The second-order valence-corrected chi connectivity index (χ2v) is 4.19. The van der Waals surface area contributed by atoms with Crippen molar-refractivity contribution in [1.29, 1.82) is 0 Å². The van der Waals surface area contributed by atoms with Gasteiger partial charge in [0.15, 0.2) is 0 Å². The standard InChI is InChI=1S/C11H15Cl2NO/c1-8(6-14-2)15-7-9-10(12)4-3-5-11(9)13/h3-5,8,14H,6-7H2,1-2H3. The third-order valence-corrected chi connectivity index (χ3v) is 2.77. The van der Waals surface area contributed by atoms with E-state index in [0.29, 0.717) is 16.7 Å². The molecule has 0 heterocycles. The highest BCUT2D eigenvalue weighted by molar-refractivity contribution is 6.35. The van der Waals surface area contributed by atoms with Crippen LogP contribution < -0.4 is 5.32 Å². The maximum atomic E-state index is 6.01. The average Bonchev–Trinajstić information content (AvgIpc) is 2.17. The molecular formula is C11H15Cl2NO. The lowest BCUT2D eigenvalue weighted by molar-refractivity contribution is 0.0546. The molecule has 15 heavy (non-hydrogen) atoms. The Morgan fingerprint density at radius 3 is 2.47 bits per heavy atom. The van der Waals surface area contributed by atoms with E-state index in [1.54, 1.807) is 0 Å². The highest BCUT2D eigenvalue weighted by Crippen LogP contribution is 2.25. The van der Waals surface area contributed by atoms with E-state index in [4.69, 9.17) is 27.9 Å². The first-order chi connectivity index (χ1) is 7.15. The van der Waals surface area contributed by atoms with E-state index in [0.717, 1.165) is 12.1 Å². The van der Waals surface area contributed by atoms with Gasteiger partial charge in [0.2, 0.25) is 0 Å². The first-order valence-corrected chi connectivity index (χ1v) is 5.59. The topological polar surface area (TPSA) is 21.3 Å². The Bertz CT molecular complexity index is 297. The molecule has 1 rings (SSSR count). The van der Waals surface area contributed by atoms with Crippen molar-refractivity contribution in [2.75, 3.05) is 13.6 Å². The molecule has 0 radical (unpaired) electrons. The van der Waals surface area contributed by atoms with Gasteiger partial charge in [0.1, 0.15) is 0 Å². The predicted octanol–water partition coefficient (Wildman–Crippen LogP) is 3.12. The van der Waals surface area contributed by atoms with E-state index in [2.05, 4.69) is 5.32 Å². The van der Waals surface area contributed by atoms with Crippen LogP contribution in [0.25, 0.3) is 0 Å². The maximum Gasteiger partial charge on any atom is 0.0750 e. The predicted molar refractivity (Wildman–Crippen MR) is 64.6 cm³/mol. The third kappa shape index (κ3) is 3.99. The zero-order chi connectivity index (χ0) is 11.3. The molecule has 1 aromatic rings. The fraction of sp³-hybridized carbons (Fsp3) is 0.455. The van der Waals surface area contributed by atoms with Gasteiger partial charge in [0, 0.05) is 22.2 Å². The summed E-state index contributed by atoms with van der Waals surface area (Å²) in [5.41, 5.74) is 0.851. The molecule has 0 aliphatic heterocycles. The van der Waals surface area contributed by atoms with Crippen LogP contribution in [0.4, 0.5) is 0 Å². The van der Waals surface area contributed by atoms with Gasteiger partial charge in [-0.1, -0.05) is 29.3 Å². The summed E-state index contributed by atoms with van der Waals surface area (Å²) in [6.45, 7) is 3.25. The van der Waals surface area contributed by atoms with E-state index >= 15 is 0 Å². The quantitative estimate of drug-likeness (QED) is 0.864. The van der Waals surface area contributed by atoms with Gasteiger partial charge in [-0.15, -0.1) is 0 Å². The first-order valence-electron chi connectivity index (χ1n) is 4.84. The summed E-state index contributed by atoms with van der Waals surface area (Å²) in [7, 11) is 1.89. The lowest BCUT2D eigenvalue weighted by Gasteiger charge is -2.13. The Morgan fingerprint density at radius 2 is 1.93 bits per heavy atom. The van der Waals surface area contributed by atoms with Gasteiger partial charge in [-0.05, 0) is 26.1 Å². The summed E-state index contributed by atoms with van der Waals surface area (Å²) in [5, 5.41) is 4.35. The fourth-order valence-corrected chi connectivity index (χ4v) is 1.75. The van der Waals surface area contributed by atoms with Crippen molar-refractivity contribution in [3.8, 4) is 0 Å². The first kappa shape index (κ1) is 12.8. The molecule has 1 N–H and O–H groups in total. The van der Waals surface area contributed by atoms with Gasteiger partial charge < -0.3 is 10.1 Å². The summed E-state index contributed by atoms with van der Waals surface area (Å²) < 4.78 is 5.60. The van der Waals surface area contributed by atoms with Crippen molar-refractivity contribution in [3.63, 3.8) is 0 Å². The van der Waals surface area contributed by atoms with Gasteiger partial charge in [0.05, 0.1) is 12.7 Å². The molecule has 0 bridgehead atoms. The molecular weight excluding hydrogens is 233 g/mol. The van der Waals surface area contributed by atoms with Gasteiger partial charge >= 0.3 is 0 Å². The van der Waals surface area contributed by atoms with E-state index in [1.165, 1.54) is 0 Å². The molecule has 1 atom stereocenters. The summed E-state index contributed by atoms with van der Waals surface area (Å²) in [4.78, 5) is 0. The number of rotatable bonds is 5. The molecule has 4 heteroatoms. The van der Waals surface area contributed by atoms with Gasteiger partial charge in [-0.3, -0.25) is 0 Å². The molecule has 0 fully saturated rings. The Morgan fingerprint density at radius 1 is 1.33 bits per heavy atom. The highest BCUT2D eigenvalue weighted by atomic mass is 35.5. The van der Waals surface area contributed by atoms with E-state index < -0.39 is 0 Å². The summed E-state index contributed by atoms with van der Waals surface area (Å²) in [6, 6.07) is 5.45. The summed E-state index contributed by atoms with van der Waals surface area (Å²) in [5.74, 6) is 0. The minimum atomic E-state index is 0.141. The van der Waals surface area contributed by atoms with Gasteiger partial charge in [-0.25, -0.2) is 0 Å². The molecule has 1 unspecified atom stereocenters. The third-order valence-electron chi connectivity index (χ3n) is 2.07. The smallest absolute Gasteiger partial charge is 0.0750 e. The van der Waals surface area contributed by atoms with Crippen LogP contribution in [0.2, 0.25) is 10.0 Å². The van der Waals surface area contributed by atoms with E-state index in [1.807, 2.05) is 32.2 Å². The largest absolute Gasteiger partial charge is 0.372 e. The van der Waals surface area contributed by atoms with E-state index in [-0.39, 0.29) is 6.10 Å². The zero-order valence-corrected chi connectivity index (χ0v) is 10.4. The second-order valence-electron chi connectivity index (χ2n) is 3.38. The Kier molecular flexibility index (Phi) is 5.40. The van der Waals surface area contributed by atoms with Crippen molar-refractivity contribution in [2.24, 2.45) is 0 Å². The summed E-state index contributed by atoms with van der Waals surface area (Å²) >= 11 is 12.0. The van der Waals surface area contributed by atoms with Crippen molar-refractivity contribution < 1.29 is 4.74 Å². The van der Waals surface area contributed by atoms with Crippen molar-refractivity contribution >= 4 is 23.2 Å². The van der Waals surface area contributed by atoms with Crippen LogP contribution in [0.1, 0.15) is 12.5 Å². The number of halogens is 2. The van der Waals surface area contributed by atoms with Crippen LogP contribution in [0.15, 0.2) is 18.2 Å². The monoisotopic (exact) mass is 247 g/mol. The molecule has 0 aliphatic rings. The molecule has 0 aromatic heterocycles. The number of likely N-dealkylation sites (N-methyl/N-ethyl adjacent to an activating group) is 1. The lowest BCUT2D eigenvalue weighted by Crippen LogP contribution is -2.23. The SMILES string of the molecule is CNCC(C)OCc1c(Cl)cccc1Cl. The van der Waals surface area contributed by atoms with Crippen LogP contribution >= 0.6 is 23.2 Å². The highest BCUT2D eigenvalue weighted by Gasteiger charge is 2.07. The van der Waals surface area contributed by atoms with Crippen LogP contribution in [-0.2, 0) is 11.3 Å². The minimum absolute atomic E-state index is 0.141.